The molecule has 0 aromatic heterocycles. The van der Waals surface area contributed by atoms with Gasteiger partial charge in [-0.3, -0.25) is 0 Å². The van der Waals surface area contributed by atoms with Gasteiger partial charge in [0.2, 0.25) is 0 Å². The first-order valence-electron chi connectivity index (χ1n) is 6.24. The number of hydrogen-bond acceptors (Lipinski definition) is 2. The first-order valence-corrected chi connectivity index (χ1v) is 6.24. The zero-order valence-corrected chi connectivity index (χ0v) is 11.1. The Morgan fingerprint density at radius 3 is 2.33 bits per heavy atom. The topological polar surface area (TPSA) is 24.1 Å². The molecule has 2 N–H and O–H groups in total. The molecule has 1 unspecified atom stereocenters. The predicted octanol–water partition coefficient (Wildman–Crippen LogP) is 2.26. The minimum atomic E-state index is 0.360. The lowest BCUT2D eigenvalue weighted by molar-refractivity contribution is 0.128. The lowest BCUT2D eigenvalue weighted by atomic mass is 9.69. The predicted molar refractivity (Wildman–Crippen MR) is 67.1 cm³/mol. The molecule has 1 fully saturated rings. The molecule has 15 heavy (non-hydrogen) atoms. The Morgan fingerprint density at radius 2 is 1.87 bits per heavy atom. The summed E-state index contributed by atoms with van der Waals surface area (Å²) >= 11 is 0. The zero-order valence-electron chi connectivity index (χ0n) is 11.1. The molecular weight excluding hydrogens is 184 g/mol. The molecule has 90 valence electrons. The summed E-state index contributed by atoms with van der Waals surface area (Å²) in [5, 5.41) is 7.04. The summed E-state index contributed by atoms with van der Waals surface area (Å²) in [4.78, 5) is 0. The molecule has 0 amide bonds. The third-order valence-corrected chi connectivity index (χ3v) is 4.19. The molecule has 1 aliphatic heterocycles. The van der Waals surface area contributed by atoms with Crippen LogP contribution in [-0.2, 0) is 0 Å². The molecule has 0 aromatic rings. The van der Waals surface area contributed by atoms with Crippen LogP contribution in [0.1, 0.15) is 41.0 Å². The van der Waals surface area contributed by atoms with Crippen LogP contribution in [0.4, 0.5) is 0 Å². The van der Waals surface area contributed by atoms with Crippen molar-refractivity contribution in [2.24, 2.45) is 16.7 Å². The number of rotatable bonds is 4. The van der Waals surface area contributed by atoms with Crippen LogP contribution in [0.15, 0.2) is 0 Å². The van der Waals surface area contributed by atoms with Gasteiger partial charge in [0.15, 0.2) is 0 Å². The highest BCUT2D eigenvalue weighted by Crippen LogP contribution is 2.36. The van der Waals surface area contributed by atoms with Crippen LogP contribution < -0.4 is 10.6 Å². The minimum Gasteiger partial charge on any atom is -0.316 e. The lowest BCUT2D eigenvalue weighted by Gasteiger charge is -2.39. The third-order valence-electron chi connectivity index (χ3n) is 4.19. The Kier molecular flexibility index (Phi) is 4.19. The zero-order chi connectivity index (χ0) is 11.5. The molecule has 1 aliphatic rings. The Bertz CT molecular complexity index is 185. The number of hydrogen-bond donors (Lipinski definition) is 2. The summed E-state index contributed by atoms with van der Waals surface area (Å²) in [6.45, 7) is 16.4. The van der Waals surface area contributed by atoms with Gasteiger partial charge in [0.05, 0.1) is 0 Å². The molecule has 1 atom stereocenters. The van der Waals surface area contributed by atoms with Crippen LogP contribution in [-0.4, -0.2) is 26.2 Å². The van der Waals surface area contributed by atoms with Crippen LogP contribution in [0.2, 0.25) is 0 Å². The molecule has 0 saturated carbocycles. The Labute approximate surface area is 95.2 Å². The van der Waals surface area contributed by atoms with Crippen molar-refractivity contribution in [2.45, 2.75) is 41.0 Å². The van der Waals surface area contributed by atoms with E-state index in [0.29, 0.717) is 10.8 Å². The largest absolute Gasteiger partial charge is 0.316 e. The minimum absolute atomic E-state index is 0.360. The van der Waals surface area contributed by atoms with Crippen molar-refractivity contribution in [1.82, 2.24) is 10.6 Å². The fraction of sp³-hybridized carbons (Fsp3) is 1.00. The summed E-state index contributed by atoms with van der Waals surface area (Å²) in [6.07, 6.45) is 1.34. The van der Waals surface area contributed by atoms with E-state index in [9.17, 15) is 0 Å². The van der Waals surface area contributed by atoms with Gasteiger partial charge in [-0.15, -0.1) is 0 Å². The first-order chi connectivity index (χ1) is 6.83. The third kappa shape index (κ3) is 3.76. The fourth-order valence-electron chi connectivity index (χ4n) is 1.74. The van der Waals surface area contributed by atoms with Gasteiger partial charge in [-0.05, 0) is 42.8 Å². The van der Waals surface area contributed by atoms with Gasteiger partial charge in [-0.2, -0.15) is 0 Å². The van der Waals surface area contributed by atoms with Gasteiger partial charge in [0.1, 0.15) is 0 Å². The SMILES string of the molecule is CC(C)(C)C(C)(C)CNCC1CCNC1. The summed E-state index contributed by atoms with van der Waals surface area (Å²) in [5.74, 6) is 0.848. The Hall–Kier alpha value is -0.0800. The molecule has 1 saturated heterocycles. The standard InChI is InChI=1S/C13H28N2/c1-12(2,3)13(4,5)10-15-9-11-6-7-14-8-11/h11,14-15H,6-10H2,1-5H3. The number of nitrogens with one attached hydrogen (secondary N) is 2. The van der Waals surface area contributed by atoms with Crippen LogP contribution in [0.3, 0.4) is 0 Å². The van der Waals surface area contributed by atoms with E-state index in [1.165, 1.54) is 26.1 Å². The quantitative estimate of drug-likeness (QED) is 0.747. The van der Waals surface area contributed by atoms with E-state index in [1.807, 2.05) is 0 Å². The van der Waals surface area contributed by atoms with Crippen molar-refractivity contribution >= 4 is 0 Å². The van der Waals surface area contributed by atoms with Crippen molar-refractivity contribution in [3.63, 3.8) is 0 Å². The smallest absolute Gasteiger partial charge is 0.000765 e. The van der Waals surface area contributed by atoms with Gasteiger partial charge in [-0.1, -0.05) is 34.6 Å². The van der Waals surface area contributed by atoms with Gasteiger partial charge in [0.25, 0.3) is 0 Å². The van der Waals surface area contributed by atoms with Gasteiger partial charge in [-0.25, -0.2) is 0 Å². The maximum Gasteiger partial charge on any atom is 0.000765 e. The monoisotopic (exact) mass is 212 g/mol. The van der Waals surface area contributed by atoms with E-state index >= 15 is 0 Å². The maximum atomic E-state index is 3.63. The molecule has 2 nitrogen and oxygen atoms in total. The second kappa shape index (κ2) is 4.84. The van der Waals surface area contributed by atoms with Gasteiger partial charge < -0.3 is 10.6 Å². The van der Waals surface area contributed by atoms with Crippen LogP contribution in [0.25, 0.3) is 0 Å². The van der Waals surface area contributed by atoms with Crippen LogP contribution in [0.5, 0.6) is 0 Å². The molecule has 1 heterocycles. The van der Waals surface area contributed by atoms with Crippen molar-refractivity contribution < 1.29 is 0 Å². The highest BCUT2D eigenvalue weighted by atomic mass is 14.9. The van der Waals surface area contributed by atoms with E-state index in [-0.39, 0.29) is 0 Å². The van der Waals surface area contributed by atoms with Gasteiger partial charge >= 0.3 is 0 Å². The van der Waals surface area contributed by atoms with E-state index in [4.69, 9.17) is 0 Å². The molecule has 1 rings (SSSR count). The Balaban J connectivity index is 2.23. The second-order valence-electron chi connectivity index (χ2n) is 6.62. The van der Waals surface area contributed by atoms with Crippen LogP contribution >= 0.6 is 0 Å². The molecule has 0 aromatic carbocycles. The normalized spacial score (nSPS) is 23.4. The summed E-state index contributed by atoms with van der Waals surface area (Å²) < 4.78 is 0. The van der Waals surface area contributed by atoms with E-state index in [2.05, 4.69) is 45.3 Å². The van der Waals surface area contributed by atoms with Gasteiger partial charge in [0, 0.05) is 6.54 Å². The van der Waals surface area contributed by atoms with Crippen LogP contribution in [0, 0.1) is 16.7 Å². The van der Waals surface area contributed by atoms with Crippen molar-refractivity contribution in [1.29, 1.82) is 0 Å². The van der Waals surface area contributed by atoms with Crippen molar-refractivity contribution in [3.8, 4) is 0 Å². The average molecular weight is 212 g/mol. The molecule has 0 bridgehead atoms. The summed E-state index contributed by atoms with van der Waals surface area (Å²) in [6, 6.07) is 0. The second-order valence-corrected chi connectivity index (χ2v) is 6.62. The summed E-state index contributed by atoms with van der Waals surface area (Å²) in [5.41, 5.74) is 0.729. The van der Waals surface area contributed by atoms with Crippen molar-refractivity contribution in [3.05, 3.63) is 0 Å². The first kappa shape index (κ1) is 13.0. The fourth-order valence-corrected chi connectivity index (χ4v) is 1.74. The average Bonchev–Trinajstić information content (AvgIpc) is 2.54. The van der Waals surface area contributed by atoms with E-state index in [0.717, 1.165) is 12.5 Å². The van der Waals surface area contributed by atoms with E-state index in [1.54, 1.807) is 0 Å². The Morgan fingerprint density at radius 1 is 1.20 bits per heavy atom. The highest BCUT2D eigenvalue weighted by Gasteiger charge is 2.32. The molecule has 0 spiro atoms. The highest BCUT2D eigenvalue weighted by molar-refractivity contribution is 4.85. The summed E-state index contributed by atoms with van der Waals surface area (Å²) in [7, 11) is 0. The molecular formula is C13H28N2. The molecule has 2 heteroatoms. The lowest BCUT2D eigenvalue weighted by Crippen LogP contribution is -2.41. The van der Waals surface area contributed by atoms with E-state index < -0.39 is 0 Å². The molecule has 0 aliphatic carbocycles. The maximum absolute atomic E-state index is 3.63. The molecule has 0 radical (unpaired) electrons. The van der Waals surface area contributed by atoms with Crippen molar-refractivity contribution in [2.75, 3.05) is 26.2 Å².